The van der Waals surface area contributed by atoms with Gasteiger partial charge in [0, 0.05) is 26.2 Å². The Bertz CT molecular complexity index is 547. The third-order valence-electron chi connectivity index (χ3n) is 4.17. The van der Waals surface area contributed by atoms with Crippen LogP contribution in [0.2, 0.25) is 0 Å². The van der Waals surface area contributed by atoms with Crippen LogP contribution < -0.4 is 5.32 Å². The van der Waals surface area contributed by atoms with Crippen molar-refractivity contribution in [3.63, 3.8) is 0 Å². The van der Waals surface area contributed by atoms with Gasteiger partial charge in [0.05, 0.1) is 11.3 Å². The number of hydrogen-bond acceptors (Lipinski definition) is 2. The van der Waals surface area contributed by atoms with Gasteiger partial charge in [0.25, 0.3) is 5.91 Å². The number of rotatable bonds is 4. The van der Waals surface area contributed by atoms with E-state index in [2.05, 4.69) is 5.32 Å². The molecule has 3 amide bonds. The van der Waals surface area contributed by atoms with Crippen LogP contribution >= 0.6 is 0 Å². The molecule has 0 unspecified atom stereocenters. The molecule has 1 fully saturated rings. The van der Waals surface area contributed by atoms with Crippen molar-refractivity contribution in [3.05, 3.63) is 29.3 Å². The molecule has 0 spiro atoms. The largest absolute Gasteiger partial charge is 0.339 e. The maximum absolute atomic E-state index is 12.7. The number of likely N-dealkylation sites (tertiary alicyclic amines) is 1. The Morgan fingerprint density at radius 1 is 1.18 bits per heavy atom. The van der Waals surface area contributed by atoms with Gasteiger partial charge in [0.2, 0.25) is 0 Å². The second kappa shape index (κ2) is 7.29. The van der Waals surface area contributed by atoms with Crippen molar-refractivity contribution in [3.8, 4) is 0 Å². The Kier molecular flexibility index (Phi) is 5.41. The van der Waals surface area contributed by atoms with E-state index >= 15 is 0 Å². The molecule has 0 bridgehead atoms. The molecule has 5 heteroatoms. The molecule has 1 aliphatic heterocycles. The minimum absolute atomic E-state index is 0.0189. The molecule has 5 nitrogen and oxygen atoms in total. The number of anilines is 1. The molecule has 1 aromatic rings. The van der Waals surface area contributed by atoms with Gasteiger partial charge in [-0.2, -0.15) is 0 Å². The second-order valence-corrected chi connectivity index (χ2v) is 5.60. The third-order valence-corrected chi connectivity index (χ3v) is 4.17. The first kappa shape index (κ1) is 16.3. The zero-order valence-electron chi connectivity index (χ0n) is 13.7. The lowest BCUT2D eigenvalue weighted by Gasteiger charge is -2.23. The Hall–Kier alpha value is -2.04. The number of nitrogens with one attached hydrogen (secondary N) is 1. The van der Waals surface area contributed by atoms with E-state index in [0.29, 0.717) is 24.3 Å². The SMILES string of the molecule is CCN(CC)C(=O)Nc1cccc(C)c1C(=O)N1CCCC1. The molecule has 1 saturated heterocycles. The quantitative estimate of drug-likeness (QED) is 0.929. The molecular weight excluding hydrogens is 278 g/mol. The van der Waals surface area contributed by atoms with Gasteiger partial charge < -0.3 is 15.1 Å². The Morgan fingerprint density at radius 3 is 2.41 bits per heavy atom. The molecule has 0 radical (unpaired) electrons. The molecule has 1 heterocycles. The van der Waals surface area contributed by atoms with E-state index in [1.165, 1.54) is 0 Å². The summed E-state index contributed by atoms with van der Waals surface area (Å²) in [5.74, 6) is 0.0189. The monoisotopic (exact) mass is 303 g/mol. The number of carbonyl (C=O) groups is 2. The van der Waals surface area contributed by atoms with Crippen LogP contribution in [0.4, 0.5) is 10.5 Å². The standard InChI is InChI=1S/C17H25N3O2/c1-4-19(5-2)17(22)18-14-10-8-9-13(3)15(14)16(21)20-11-6-7-12-20/h8-10H,4-7,11-12H2,1-3H3,(H,18,22). The van der Waals surface area contributed by atoms with Crippen LogP contribution in [0, 0.1) is 6.92 Å². The third kappa shape index (κ3) is 3.40. The number of urea groups is 1. The van der Waals surface area contributed by atoms with E-state index in [1.54, 1.807) is 11.0 Å². The minimum atomic E-state index is -0.161. The number of hydrogen-bond donors (Lipinski definition) is 1. The van der Waals surface area contributed by atoms with E-state index < -0.39 is 0 Å². The lowest BCUT2D eigenvalue weighted by atomic mass is 10.1. The highest BCUT2D eigenvalue weighted by Crippen LogP contribution is 2.24. The number of aryl methyl sites for hydroxylation is 1. The predicted octanol–water partition coefficient (Wildman–Crippen LogP) is 3.10. The predicted molar refractivity (Wildman–Crippen MR) is 88.3 cm³/mol. The van der Waals surface area contributed by atoms with E-state index in [9.17, 15) is 9.59 Å². The number of benzene rings is 1. The van der Waals surface area contributed by atoms with E-state index in [0.717, 1.165) is 31.5 Å². The van der Waals surface area contributed by atoms with Gasteiger partial charge in [0.1, 0.15) is 0 Å². The van der Waals surface area contributed by atoms with Crippen LogP contribution in [0.1, 0.15) is 42.6 Å². The van der Waals surface area contributed by atoms with E-state index in [1.807, 2.05) is 37.8 Å². The van der Waals surface area contributed by atoms with Crippen molar-refractivity contribution in [1.82, 2.24) is 9.80 Å². The molecule has 1 aliphatic rings. The van der Waals surface area contributed by atoms with Crippen LogP contribution in [-0.4, -0.2) is 47.9 Å². The van der Waals surface area contributed by atoms with Crippen molar-refractivity contribution in [1.29, 1.82) is 0 Å². The Morgan fingerprint density at radius 2 is 1.82 bits per heavy atom. The van der Waals surface area contributed by atoms with Gasteiger partial charge in [-0.1, -0.05) is 12.1 Å². The minimum Gasteiger partial charge on any atom is -0.339 e. The maximum Gasteiger partial charge on any atom is 0.321 e. The molecule has 0 saturated carbocycles. The zero-order valence-corrected chi connectivity index (χ0v) is 13.7. The molecule has 0 aliphatic carbocycles. The normalized spacial score (nSPS) is 14.0. The van der Waals surface area contributed by atoms with Gasteiger partial charge >= 0.3 is 6.03 Å². The van der Waals surface area contributed by atoms with Gasteiger partial charge in [-0.25, -0.2) is 4.79 Å². The summed E-state index contributed by atoms with van der Waals surface area (Å²) in [6.45, 7) is 8.68. The fourth-order valence-corrected chi connectivity index (χ4v) is 2.84. The van der Waals surface area contributed by atoms with Gasteiger partial charge in [0.15, 0.2) is 0 Å². The topological polar surface area (TPSA) is 52.7 Å². The summed E-state index contributed by atoms with van der Waals surface area (Å²) in [5, 5.41) is 2.90. The summed E-state index contributed by atoms with van der Waals surface area (Å²) >= 11 is 0. The smallest absolute Gasteiger partial charge is 0.321 e. The lowest BCUT2D eigenvalue weighted by Crippen LogP contribution is -2.35. The summed E-state index contributed by atoms with van der Waals surface area (Å²) in [6, 6.07) is 5.42. The highest BCUT2D eigenvalue weighted by molar-refractivity contribution is 6.04. The summed E-state index contributed by atoms with van der Waals surface area (Å²) in [6.07, 6.45) is 2.11. The van der Waals surface area contributed by atoms with Crippen LogP contribution in [-0.2, 0) is 0 Å². The zero-order chi connectivity index (χ0) is 16.1. The first-order valence-electron chi connectivity index (χ1n) is 8.03. The molecular formula is C17H25N3O2. The van der Waals surface area contributed by atoms with Crippen molar-refractivity contribution in [2.75, 3.05) is 31.5 Å². The van der Waals surface area contributed by atoms with Crippen molar-refractivity contribution in [2.45, 2.75) is 33.6 Å². The highest BCUT2D eigenvalue weighted by atomic mass is 16.2. The summed E-state index contributed by atoms with van der Waals surface area (Å²) in [5.41, 5.74) is 2.12. The number of nitrogens with zero attached hydrogens (tertiary/aromatic N) is 2. The average Bonchev–Trinajstić information content (AvgIpc) is 3.02. The Labute approximate surface area is 132 Å². The first-order valence-corrected chi connectivity index (χ1v) is 8.03. The highest BCUT2D eigenvalue weighted by Gasteiger charge is 2.24. The fourth-order valence-electron chi connectivity index (χ4n) is 2.84. The molecule has 22 heavy (non-hydrogen) atoms. The average molecular weight is 303 g/mol. The first-order chi connectivity index (χ1) is 10.6. The second-order valence-electron chi connectivity index (χ2n) is 5.60. The van der Waals surface area contributed by atoms with Gasteiger partial charge in [-0.3, -0.25) is 4.79 Å². The van der Waals surface area contributed by atoms with Crippen LogP contribution in [0.25, 0.3) is 0 Å². The molecule has 0 aromatic heterocycles. The maximum atomic E-state index is 12.7. The Balaban J connectivity index is 2.26. The van der Waals surface area contributed by atoms with Crippen molar-refractivity contribution in [2.24, 2.45) is 0 Å². The fraction of sp³-hybridized carbons (Fsp3) is 0.529. The molecule has 0 atom stereocenters. The van der Waals surface area contributed by atoms with Crippen LogP contribution in [0.15, 0.2) is 18.2 Å². The van der Waals surface area contributed by atoms with Crippen LogP contribution in [0.5, 0.6) is 0 Å². The number of amides is 3. The summed E-state index contributed by atoms with van der Waals surface area (Å²) in [7, 11) is 0. The van der Waals surface area contributed by atoms with E-state index in [-0.39, 0.29) is 11.9 Å². The van der Waals surface area contributed by atoms with Crippen molar-refractivity contribution >= 4 is 17.6 Å². The van der Waals surface area contributed by atoms with Gasteiger partial charge in [-0.15, -0.1) is 0 Å². The summed E-state index contributed by atoms with van der Waals surface area (Å²) < 4.78 is 0. The van der Waals surface area contributed by atoms with Gasteiger partial charge in [-0.05, 0) is 45.2 Å². The van der Waals surface area contributed by atoms with E-state index in [4.69, 9.17) is 0 Å². The number of carbonyl (C=O) groups excluding carboxylic acids is 2. The molecule has 2 rings (SSSR count). The van der Waals surface area contributed by atoms with Crippen LogP contribution in [0.3, 0.4) is 0 Å². The molecule has 1 aromatic carbocycles. The summed E-state index contributed by atoms with van der Waals surface area (Å²) in [4.78, 5) is 28.6. The molecule has 120 valence electrons. The molecule has 1 N–H and O–H groups in total. The van der Waals surface area contributed by atoms with Crippen molar-refractivity contribution < 1.29 is 9.59 Å². The lowest BCUT2D eigenvalue weighted by molar-refractivity contribution is 0.0793.